The molecule has 44 valence electrons. The molecule has 0 saturated heterocycles. The molecule has 2 atom stereocenters. The third-order valence-corrected chi connectivity index (χ3v) is 1.63. The standard InChI is InChI=1S/C5H13NS/c1-4(6-3)5(2)7/h4-7H,1-3H3/t4?,5-/m1/s1. The van der Waals surface area contributed by atoms with Gasteiger partial charge in [0.15, 0.2) is 0 Å². The maximum Gasteiger partial charge on any atom is 0.0150 e. The normalized spacial score (nSPS) is 18.9. The first kappa shape index (κ1) is 7.31. The summed E-state index contributed by atoms with van der Waals surface area (Å²) in [4.78, 5) is 0. The van der Waals surface area contributed by atoms with Gasteiger partial charge in [-0.3, -0.25) is 0 Å². The van der Waals surface area contributed by atoms with Crippen LogP contribution in [0, 0.1) is 0 Å². The molecule has 1 nitrogen and oxygen atoms in total. The van der Waals surface area contributed by atoms with Gasteiger partial charge in [-0.1, -0.05) is 6.92 Å². The predicted octanol–water partition coefficient (Wildman–Crippen LogP) is 0.913. The fourth-order valence-corrected chi connectivity index (χ4v) is 0.390. The number of rotatable bonds is 2. The second-order valence-electron chi connectivity index (χ2n) is 1.82. The van der Waals surface area contributed by atoms with Gasteiger partial charge in [0.2, 0.25) is 0 Å². The highest BCUT2D eigenvalue weighted by Crippen LogP contribution is 1.97. The number of nitrogens with one attached hydrogen (secondary N) is 1. The van der Waals surface area contributed by atoms with E-state index >= 15 is 0 Å². The second-order valence-corrected chi connectivity index (χ2v) is 2.63. The molecule has 0 spiro atoms. The van der Waals surface area contributed by atoms with Crippen LogP contribution in [0.1, 0.15) is 13.8 Å². The molecule has 0 aromatic heterocycles. The Balaban J connectivity index is 3.14. The molecule has 0 heterocycles. The first-order valence-corrected chi connectivity index (χ1v) is 3.05. The summed E-state index contributed by atoms with van der Waals surface area (Å²) in [6.07, 6.45) is 0. The lowest BCUT2D eigenvalue weighted by Crippen LogP contribution is -2.28. The zero-order valence-electron chi connectivity index (χ0n) is 5.10. The average molecular weight is 119 g/mol. The molecule has 0 aliphatic carbocycles. The Labute approximate surface area is 50.9 Å². The Kier molecular flexibility index (Phi) is 3.48. The summed E-state index contributed by atoms with van der Waals surface area (Å²) in [7, 11) is 1.94. The second kappa shape index (κ2) is 3.33. The lowest BCUT2D eigenvalue weighted by atomic mass is 10.3. The van der Waals surface area contributed by atoms with Gasteiger partial charge in [-0.2, -0.15) is 12.6 Å². The van der Waals surface area contributed by atoms with Crippen molar-refractivity contribution in [1.29, 1.82) is 0 Å². The van der Waals surface area contributed by atoms with E-state index in [2.05, 4.69) is 31.8 Å². The van der Waals surface area contributed by atoms with Crippen molar-refractivity contribution >= 4 is 12.6 Å². The first-order valence-electron chi connectivity index (χ1n) is 2.53. The topological polar surface area (TPSA) is 12.0 Å². The van der Waals surface area contributed by atoms with Crippen LogP contribution in [0.15, 0.2) is 0 Å². The molecule has 0 fully saturated rings. The van der Waals surface area contributed by atoms with E-state index in [-0.39, 0.29) is 0 Å². The lowest BCUT2D eigenvalue weighted by molar-refractivity contribution is 0.608. The summed E-state index contributed by atoms with van der Waals surface area (Å²) in [6, 6.07) is 0.517. The fourth-order valence-electron chi connectivity index (χ4n) is 0.241. The largest absolute Gasteiger partial charge is 0.316 e. The zero-order valence-corrected chi connectivity index (χ0v) is 6.00. The molecule has 0 bridgehead atoms. The molecule has 0 rings (SSSR count). The van der Waals surface area contributed by atoms with Gasteiger partial charge in [0, 0.05) is 11.3 Å². The van der Waals surface area contributed by atoms with E-state index in [0.29, 0.717) is 11.3 Å². The van der Waals surface area contributed by atoms with E-state index in [1.165, 1.54) is 0 Å². The van der Waals surface area contributed by atoms with Crippen molar-refractivity contribution in [3.63, 3.8) is 0 Å². The predicted molar refractivity (Wildman–Crippen MR) is 37.0 cm³/mol. The van der Waals surface area contributed by atoms with Crippen LogP contribution in [0.25, 0.3) is 0 Å². The van der Waals surface area contributed by atoms with E-state index in [0.717, 1.165) is 0 Å². The highest BCUT2D eigenvalue weighted by atomic mass is 32.1. The Bertz CT molecular complexity index is 45.3. The van der Waals surface area contributed by atoms with Gasteiger partial charge in [-0.05, 0) is 14.0 Å². The lowest BCUT2D eigenvalue weighted by Gasteiger charge is -2.11. The molecule has 7 heavy (non-hydrogen) atoms. The maximum atomic E-state index is 4.21. The molecule has 0 amide bonds. The SMILES string of the molecule is CNC(C)[C@@H](C)S. The maximum absolute atomic E-state index is 4.21. The van der Waals surface area contributed by atoms with E-state index < -0.39 is 0 Å². The van der Waals surface area contributed by atoms with Crippen LogP contribution in [0.3, 0.4) is 0 Å². The van der Waals surface area contributed by atoms with Gasteiger partial charge in [0.1, 0.15) is 0 Å². The highest BCUT2D eigenvalue weighted by Gasteiger charge is 2.01. The minimum atomic E-state index is 0.449. The Morgan fingerprint density at radius 2 is 1.86 bits per heavy atom. The number of hydrogen-bond acceptors (Lipinski definition) is 2. The van der Waals surface area contributed by atoms with Crippen LogP contribution in [-0.4, -0.2) is 18.3 Å². The summed E-state index contributed by atoms with van der Waals surface area (Å²) < 4.78 is 0. The van der Waals surface area contributed by atoms with Crippen LogP contribution >= 0.6 is 12.6 Å². The molecule has 0 aromatic rings. The molecule has 0 aliphatic rings. The van der Waals surface area contributed by atoms with Crippen molar-refractivity contribution in [1.82, 2.24) is 5.32 Å². The van der Waals surface area contributed by atoms with E-state index in [9.17, 15) is 0 Å². The average Bonchev–Trinajstić information content (AvgIpc) is 1.65. The zero-order chi connectivity index (χ0) is 5.86. The molecular formula is C5H13NS. The minimum Gasteiger partial charge on any atom is -0.316 e. The van der Waals surface area contributed by atoms with Crippen molar-refractivity contribution in [3.05, 3.63) is 0 Å². The van der Waals surface area contributed by atoms with Gasteiger partial charge >= 0.3 is 0 Å². The monoisotopic (exact) mass is 119 g/mol. The Morgan fingerprint density at radius 3 is 1.86 bits per heavy atom. The fraction of sp³-hybridized carbons (Fsp3) is 1.00. The van der Waals surface area contributed by atoms with Crippen molar-refractivity contribution in [3.8, 4) is 0 Å². The van der Waals surface area contributed by atoms with Crippen LogP contribution in [0.4, 0.5) is 0 Å². The minimum absolute atomic E-state index is 0.449. The molecule has 0 aliphatic heterocycles. The molecule has 1 N–H and O–H groups in total. The quantitative estimate of drug-likeness (QED) is 0.515. The third kappa shape index (κ3) is 2.94. The van der Waals surface area contributed by atoms with Crippen LogP contribution in [0.2, 0.25) is 0 Å². The van der Waals surface area contributed by atoms with Gasteiger partial charge in [-0.15, -0.1) is 0 Å². The molecule has 1 unspecified atom stereocenters. The van der Waals surface area contributed by atoms with Gasteiger partial charge in [0.05, 0.1) is 0 Å². The molecular weight excluding hydrogens is 106 g/mol. The van der Waals surface area contributed by atoms with Crippen molar-refractivity contribution in [2.24, 2.45) is 0 Å². The van der Waals surface area contributed by atoms with E-state index in [1.54, 1.807) is 0 Å². The first-order chi connectivity index (χ1) is 3.18. The number of thiol groups is 1. The molecule has 0 aromatic carbocycles. The van der Waals surface area contributed by atoms with Gasteiger partial charge < -0.3 is 5.32 Å². The van der Waals surface area contributed by atoms with Crippen LogP contribution in [0.5, 0.6) is 0 Å². The highest BCUT2D eigenvalue weighted by molar-refractivity contribution is 7.81. The third-order valence-electron chi connectivity index (χ3n) is 1.18. The van der Waals surface area contributed by atoms with Crippen molar-refractivity contribution in [2.45, 2.75) is 25.1 Å². The van der Waals surface area contributed by atoms with Crippen molar-refractivity contribution in [2.75, 3.05) is 7.05 Å². The van der Waals surface area contributed by atoms with Crippen LogP contribution < -0.4 is 5.32 Å². The summed E-state index contributed by atoms with van der Waals surface area (Å²) in [5, 5.41) is 3.54. The summed E-state index contributed by atoms with van der Waals surface area (Å²) in [6.45, 7) is 4.18. The van der Waals surface area contributed by atoms with Crippen LogP contribution in [-0.2, 0) is 0 Å². The number of hydrogen-bond donors (Lipinski definition) is 2. The van der Waals surface area contributed by atoms with Crippen molar-refractivity contribution < 1.29 is 0 Å². The molecule has 0 saturated carbocycles. The summed E-state index contributed by atoms with van der Waals surface area (Å²) in [5.74, 6) is 0. The molecule has 0 radical (unpaired) electrons. The Hall–Kier alpha value is 0.310. The van der Waals surface area contributed by atoms with E-state index in [4.69, 9.17) is 0 Å². The van der Waals surface area contributed by atoms with E-state index in [1.807, 2.05) is 7.05 Å². The molecule has 2 heteroatoms. The smallest absolute Gasteiger partial charge is 0.0150 e. The summed E-state index contributed by atoms with van der Waals surface area (Å²) in [5.41, 5.74) is 0. The van der Waals surface area contributed by atoms with Gasteiger partial charge in [-0.25, -0.2) is 0 Å². The Morgan fingerprint density at radius 1 is 1.43 bits per heavy atom. The van der Waals surface area contributed by atoms with Gasteiger partial charge in [0.25, 0.3) is 0 Å². The summed E-state index contributed by atoms with van der Waals surface area (Å²) >= 11 is 4.21.